The summed E-state index contributed by atoms with van der Waals surface area (Å²) in [6.07, 6.45) is 1.64. The van der Waals surface area contributed by atoms with Crippen LogP contribution in [0.5, 0.6) is 0 Å². The maximum absolute atomic E-state index is 11.6. The van der Waals surface area contributed by atoms with Crippen molar-refractivity contribution in [2.45, 2.75) is 31.8 Å². The van der Waals surface area contributed by atoms with E-state index in [1.165, 1.54) is 5.56 Å². The third-order valence-electron chi connectivity index (χ3n) is 4.49. The molecule has 0 amide bonds. The molecular weight excluding hydrogens is 354 g/mol. The fourth-order valence-corrected chi connectivity index (χ4v) is 3.60. The van der Waals surface area contributed by atoms with Crippen LogP contribution in [0.25, 0.3) is 0 Å². The molecule has 1 fully saturated rings. The van der Waals surface area contributed by atoms with Crippen LogP contribution in [0.15, 0.2) is 53.0 Å². The molecule has 1 N–H and O–H groups in total. The van der Waals surface area contributed by atoms with E-state index in [-0.39, 0.29) is 6.04 Å². The summed E-state index contributed by atoms with van der Waals surface area (Å²) in [4.78, 5) is 13.8. The molecule has 120 valence electrons. The Balaban J connectivity index is 2.04. The first-order chi connectivity index (χ1) is 11.1. The number of rotatable bonds is 4. The van der Waals surface area contributed by atoms with E-state index in [2.05, 4.69) is 64.2 Å². The van der Waals surface area contributed by atoms with Crippen molar-refractivity contribution in [1.29, 1.82) is 0 Å². The predicted octanol–water partition coefficient (Wildman–Crippen LogP) is 4.40. The quantitative estimate of drug-likeness (QED) is 0.863. The Morgan fingerprint density at radius 2 is 1.70 bits per heavy atom. The Bertz CT molecular complexity index is 636. The fraction of sp³-hybridized carbons (Fsp3) is 0.316. The molecule has 1 aliphatic heterocycles. The molecule has 0 radical (unpaired) electrons. The molecule has 1 saturated heterocycles. The van der Waals surface area contributed by atoms with Gasteiger partial charge < -0.3 is 5.11 Å². The van der Waals surface area contributed by atoms with Gasteiger partial charge in [0.2, 0.25) is 0 Å². The first kappa shape index (κ1) is 16.2. The number of nitrogens with zero attached hydrogens (tertiary/aromatic N) is 1. The molecule has 2 aromatic rings. The lowest BCUT2D eigenvalue weighted by atomic mass is 9.95. The van der Waals surface area contributed by atoms with E-state index in [1.54, 1.807) is 0 Å². The molecule has 1 aliphatic rings. The summed E-state index contributed by atoms with van der Waals surface area (Å²) in [5.74, 6) is -0.725. The Labute approximate surface area is 145 Å². The lowest BCUT2D eigenvalue weighted by Gasteiger charge is -2.32. The summed E-state index contributed by atoms with van der Waals surface area (Å²) in [6.45, 7) is 2.87. The minimum atomic E-state index is -0.725. The number of hydrogen-bond donors (Lipinski definition) is 1. The highest BCUT2D eigenvalue weighted by Crippen LogP contribution is 2.35. The number of aliphatic carboxylic acids is 1. The number of halogens is 1. The second kappa shape index (κ2) is 6.85. The van der Waals surface area contributed by atoms with E-state index < -0.39 is 12.0 Å². The molecule has 0 bridgehead atoms. The van der Waals surface area contributed by atoms with Crippen LogP contribution in [-0.4, -0.2) is 28.6 Å². The molecule has 2 atom stereocenters. The third kappa shape index (κ3) is 3.48. The molecular formula is C19H20BrNO2. The molecule has 3 nitrogen and oxygen atoms in total. The molecule has 23 heavy (non-hydrogen) atoms. The van der Waals surface area contributed by atoms with Crippen LogP contribution in [-0.2, 0) is 4.79 Å². The first-order valence-corrected chi connectivity index (χ1v) is 8.66. The summed E-state index contributed by atoms with van der Waals surface area (Å²) in [5.41, 5.74) is 3.48. The van der Waals surface area contributed by atoms with Gasteiger partial charge in [0.15, 0.2) is 0 Å². The van der Waals surface area contributed by atoms with E-state index in [0.717, 1.165) is 28.6 Å². The van der Waals surface area contributed by atoms with Crippen LogP contribution < -0.4 is 0 Å². The van der Waals surface area contributed by atoms with Crippen LogP contribution >= 0.6 is 15.9 Å². The molecule has 2 aromatic carbocycles. The molecule has 1 heterocycles. The van der Waals surface area contributed by atoms with Crippen molar-refractivity contribution < 1.29 is 9.90 Å². The second-order valence-electron chi connectivity index (χ2n) is 6.10. The van der Waals surface area contributed by atoms with Crippen molar-refractivity contribution in [2.75, 3.05) is 6.54 Å². The number of benzene rings is 2. The summed E-state index contributed by atoms with van der Waals surface area (Å²) in [6, 6.07) is 16.2. The molecule has 0 spiro atoms. The molecule has 4 heteroatoms. The van der Waals surface area contributed by atoms with Gasteiger partial charge in [-0.3, -0.25) is 9.69 Å². The summed E-state index contributed by atoms with van der Waals surface area (Å²) in [5, 5.41) is 9.57. The van der Waals surface area contributed by atoms with Crippen molar-refractivity contribution >= 4 is 21.9 Å². The van der Waals surface area contributed by atoms with Gasteiger partial charge in [0.05, 0.1) is 6.04 Å². The van der Waals surface area contributed by atoms with E-state index >= 15 is 0 Å². The minimum Gasteiger partial charge on any atom is -0.480 e. The van der Waals surface area contributed by atoms with Crippen molar-refractivity contribution in [3.8, 4) is 0 Å². The number of likely N-dealkylation sites (tertiary alicyclic amines) is 1. The Morgan fingerprint density at radius 3 is 2.26 bits per heavy atom. The standard InChI is InChI=1S/C19H20BrNO2/c1-13-4-6-14(7-5-13)18(15-8-10-16(20)11-9-15)21-12-2-3-17(21)19(22)23/h4-11,17-18H,2-3,12H2,1H3,(H,22,23). The molecule has 0 aliphatic carbocycles. The molecule has 0 saturated carbocycles. The number of carboxylic acids is 1. The number of hydrogen-bond acceptors (Lipinski definition) is 2. The van der Waals surface area contributed by atoms with Gasteiger partial charge >= 0.3 is 5.97 Å². The van der Waals surface area contributed by atoms with E-state index in [0.29, 0.717) is 6.42 Å². The van der Waals surface area contributed by atoms with Gasteiger partial charge in [-0.1, -0.05) is 57.9 Å². The number of carbonyl (C=O) groups is 1. The topological polar surface area (TPSA) is 40.5 Å². The van der Waals surface area contributed by atoms with Gasteiger partial charge in [-0.2, -0.15) is 0 Å². The highest BCUT2D eigenvalue weighted by Gasteiger charge is 2.36. The average Bonchev–Trinajstić information content (AvgIpc) is 3.01. The number of carboxylic acid groups (broad SMARTS) is 1. The Morgan fingerprint density at radius 1 is 1.13 bits per heavy atom. The Hall–Kier alpha value is -1.65. The van der Waals surface area contributed by atoms with E-state index in [9.17, 15) is 9.90 Å². The van der Waals surface area contributed by atoms with Crippen LogP contribution in [0.4, 0.5) is 0 Å². The third-order valence-corrected chi connectivity index (χ3v) is 5.02. The number of aryl methyl sites for hydroxylation is 1. The zero-order chi connectivity index (χ0) is 16.4. The van der Waals surface area contributed by atoms with Crippen LogP contribution in [0.3, 0.4) is 0 Å². The minimum absolute atomic E-state index is 0.0210. The zero-order valence-corrected chi connectivity index (χ0v) is 14.7. The maximum atomic E-state index is 11.6. The van der Waals surface area contributed by atoms with E-state index in [1.807, 2.05) is 12.1 Å². The zero-order valence-electron chi connectivity index (χ0n) is 13.1. The lowest BCUT2D eigenvalue weighted by molar-refractivity contribution is -0.142. The summed E-state index contributed by atoms with van der Waals surface area (Å²) < 4.78 is 1.03. The normalized spacial score (nSPS) is 19.7. The SMILES string of the molecule is Cc1ccc(C(c2ccc(Br)cc2)N2CCCC2C(=O)O)cc1. The average molecular weight is 374 g/mol. The van der Waals surface area contributed by atoms with Crippen molar-refractivity contribution in [2.24, 2.45) is 0 Å². The van der Waals surface area contributed by atoms with Gasteiger partial charge in [-0.15, -0.1) is 0 Å². The van der Waals surface area contributed by atoms with Crippen LogP contribution in [0.2, 0.25) is 0 Å². The van der Waals surface area contributed by atoms with E-state index in [4.69, 9.17) is 0 Å². The first-order valence-electron chi connectivity index (χ1n) is 7.87. The Kier molecular flexibility index (Phi) is 4.83. The second-order valence-corrected chi connectivity index (χ2v) is 7.01. The van der Waals surface area contributed by atoms with Gasteiger partial charge in [-0.25, -0.2) is 0 Å². The van der Waals surface area contributed by atoms with Crippen LogP contribution in [0, 0.1) is 6.92 Å². The van der Waals surface area contributed by atoms with Crippen molar-refractivity contribution in [3.05, 3.63) is 69.7 Å². The van der Waals surface area contributed by atoms with Gasteiger partial charge in [0.25, 0.3) is 0 Å². The molecule has 2 unspecified atom stereocenters. The highest BCUT2D eigenvalue weighted by molar-refractivity contribution is 9.10. The molecule has 0 aromatic heterocycles. The van der Waals surface area contributed by atoms with Crippen molar-refractivity contribution in [1.82, 2.24) is 4.90 Å². The summed E-state index contributed by atoms with van der Waals surface area (Å²) in [7, 11) is 0. The van der Waals surface area contributed by atoms with Gasteiger partial charge in [0, 0.05) is 11.0 Å². The lowest BCUT2D eigenvalue weighted by Crippen LogP contribution is -2.39. The molecule has 3 rings (SSSR count). The largest absolute Gasteiger partial charge is 0.480 e. The summed E-state index contributed by atoms with van der Waals surface area (Å²) >= 11 is 3.47. The predicted molar refractivity (Wildman–Crippen MR) is 94.5 cm³/mol. The maximum Gasteiger partial charge on any atom is 0.320 e. The van der Waals surface area contributed by atoms with Gasteiger partial charge in [-0.05, 0) is 43.0 Å². The van der Waals surface area contributed by atoms with Crippen LogP contribution in [0.1, 0.15) is 35.6 Å². The fourth-order valence-electron chi connectivity index (χ4n) is 3.33. The van der Waals surface area contributed by atoms with Gasteiger partial charge in [0.1, 0.15) is 6.04 Å². The monoisotopic (exact) mass is 373 g/mol. The smallest absolute Gasteiger partial charge is 0.320 e. The van der Waals surface area contributed by atoms with Crippen molar-refractivity contribution in [3.63, 3.8) is 0 Å². The highest BCUT2D eigenvalue weighted by atomic mass is 79.9.